The van der Waals surface area contributed by atoms with Crippen molar-refractivity contribution in [2.75, 3.05) is 0 Å². The van der Waals surface area contributed by atoms with Gasteiger partial charge in [0.25, 0.3) is 0 Å². The summed E-state index contributed by atoms with van der Waals surface area (Å²) in [6, 6.07) is 25.4. The number of imidazole rings is 3. The van der Waals surface area contributed by atoms with Gasteiger partial charge >= 0.3 is 0 Å². The zero-order valence-electron chi connectivity index (χ0n) is 17.1. The Kier molecular flexibility index (Phi) is 3.22. The minimum absolute atomic E-state index is 0.778. The Balaban J connectivity index is 1.60. The van der Waals surface area contributed by atoms with Crippen LogP contribution in [0.5, 0.6) is 0 Å². The van der Waals surface area contributed by atoms with Gasteiger partial charge in [-0.2, -0.15) is 0 Å². The molecule has 9 rings (SSSR count). The Morgan fingerprint density at radius 3 is 1.22 bits per heavy atom. The van der Waals surface area contributed by atoms with Gasteiger partial charge < -0.3 is 0 Å². The number of fused-ring (bicyclic) bond motifs is 3. The summed E-state index contributed by atoms with van der Waals surface area (Å²) in [6.45, 7) is 2.33. The lowest BCUT2D eigenvalue weighted by Gasteiger charge is -2.35. The van der Waals surface area contributed by atoms with Gasteiger partial charge in [-0.1, -0.05) is 36.4 Å². The van der Waals surface area contributed by atoms with Crippen LogP contribution in [0.15, 0.2) is 72.8 Å². The van der Waals surface area contributed by atoms with Gasteiger partial charge in [0, 0.05) is 0 Å². The van der Waals surface area contributed by atoms with Gasteiger partial charge in [0.05, 0.1) is 52.7 Å². The maximum absolute atomic E-state index is 5.08. The van der Waals surface area contributed by atoms with Crippen LogP contribution in [0.2, 0.25) is 0 Å². The second-order valence-corrected chi connectivity index (χ2v) is 10.1. The van der Waals surface area contributed by atoms with E-state index in [1.807, 2.05) is 0 Å². The molecule has 0 N–H and O–H groups in total. The lowest BCUT2D eigenvalue weighted by Crippen LogP contribution is -2.33. The van der Waals surface area contributed by atoms with E-state index in [2.05, 4.69) is 90.7 Å². The smallest absolute Gasteiger partial charge is 0.226 e. The molecule has 2 bridgehead atoms. The van der Waals surface area contributed by atoms with Crippen molar-refractivity contribution in [3.05, 3.63) is 90.3 Å². The number of hydrogen-bond acceptors (Lipinski definition) is 4. The highest BCUT2D eigenvalue weighted by molar-refractivity contribution is 7.53. The molecule has 0 fully saturated rings. The highest BCUT2D eigenvalue weighted by atomic mass is 31.1. The maximum atomic E-state index is 5.08. The van der Waals surface area contributed by atoms with Crippen molar-refractivity contribution >= 4 is 41.5 Å². The van der Waals surface area contributed by atoms with Crippen molar-refractivity contribution < 1.29 is 0 Å². The molecule has 0 aliphatic carbocycles. The molecular weight excluding hydrogens is 417 g/mol. The number of benzene rings is 3. The van der Waals surface area contributed by atoms with Crippen LogP contribution in [0.25, 0.3) is 33.1 Å². The molecule has 0 radical (unpaired) electrons. The van der Waals surface area contributed by atoms with Gasteiger partial charge in [0.15, 0.2) is 0 Å². The number of nitrogens with zero attached hydrogens (tertiary/aromatic N) is 7. The lowest BCUT2D eigenvalue weighted by atomic mass is 10.3. The molecule has 0 amide bonds. The zero-order chi connectivity index (χ0) is 20.8. The topological polar surface area (TPSA) is 56.7 Å². The van der Waals surface area contributed by atoms with E-state index >= 15 is 0 Å². The predicted octanol–water partition coefficient (Wildman–Crippen LogP) is 4.74. The van der Waals surface area contributed by atoms with Crippen LogP contribution < -0.4 is 0 Å². The van der Waals surface area contributed by atoms with E-state index in [4.69, 9.17) is 15.0 Å². The highest BCUT2D eigenvalue weighted by Crippen LogP contribution is 2.52. The van der Waals surface area contributed by atoms with E-state index in [9.17, 15) is 0 Å². The van der Waals surface area contributed by atoms with Gasteiger partial charge in [-0.3, -0.25) is 17.9 Å². The van der Waals surface area contributed by atoms with Crippen LogP contribution in [0, 0.1) is 0 Å². The fraction of sp³-hybridized carbons (Fsp3) is 0.125. The van der Waals surface area contributed by atoms with Gasteiger partial charge in [-0.15, -0.1) is 0 Å². The normalized spacial score (nSPS) is 19.5. The monoisotopic (exact) mass is 435 g/mol. The van der Waals surface area contributed by atoms with Crippen molar-refractivity contribution in [1.82, 2.24) is 32.9 Å². The number of rotatable bonds is 0. The van der Waals surface area contributed by atoms with Crippen molar-refractivity contribution in [2.24, 2.45) is 0 Å². The molecule has 8 heteroatoms. The van der Waals surface area contributed by atoms with E-state index in [-0.39, 0.29) is 0 Å². The summed E-state index contributed by atoms with van der Waals surface area (Å²) in [7, 11) is -1.08. The summed E-state index contributed by atoms with van der Waals surface area (Å²) in [4.78, 5) is 17.7. The minimum Gasteiger partial charge on any atom is -0.281 e. The standard InChI is InChI=1S/C24H18N7P/c1-4-10-19-16(7-1)25-22-13-28-14-23-26-17-8-2-5-11-20(17)30(23)32(29(19)22)31-21-12-6-3-9-18(21)27-24(31)15-28/h1-12H,13-15H2. The van der Waals surface area contributed by atoms with Crippen LogP contribution in [0.4, 0.5) is 0 Å². The average molecular weight is 435 g/mol. The SMILES string of the molecule is c1ccc2c(c1)nc1n2P2n3c(nc4ccccc43)CN(C1)Cc1nc3ccccc3n12. The number of hydrogen-bond donors (Lipinski definition) is 0. The van der Waals surface area contributed by atoms with Crippen molar-refractivity contribution in [1.29, 1.82) is 0 Å². The fourth-order valence-electron chi connectivity index (χ4n) is 5.13. The van der Waals surface area contributed by atoms with Crippen molar-refractivity contribution in [3.63, 3.8) is 0 Å². The van der Waals surface area contributed by atoms with Crippen LogP contribution in [-0.4, -0.2) is 32.9 Å². The summed E-state index contributed by atoms with van der Waals surface area (Å²) in [5.74, 6) is 3.30. The molecule has 32 heavy (non-hydrogen) atoms. The van der Waals surface area contributed by atoms with Crippen molar-refractivity contribution in [2.45, 2.75) is 19.6 Å². The van der Waals surface area contributed by atoms with Gasteiger partial charge in [0.2, 0.25) is 8.37 Å². The summed E-state index contributed by atoms with van der Waals surface area (Å²) in [5.41, 5.74) is 6.58. The van der Waals surface area contributed by atoms with Crippen LogP contribution in [0.1, 0.15) is 17.5 Å². The highest BCUT2D eigenvalue weighted by Gasteiger charge is 2.36. The molecule has 7 nitrogen and oxygen atoms in total. The Morgan fingerprint density at radius 1 is 0.500 bits per heavy atom. The summed E-state index contributed by atoms with van der Waals surface area (Å²) >= 11 is 0. The van der Waals surface area contributed by atoms with E-state index in [1.165, 1.54) is 0 Å². The van der Waals surface area contributed by atoms with Crippen LogP contribution >= 0.6 is 8.37 Å². The molecular formula is C24H18N7P. The van der Waals surface area contributed by atoms with Gasteiger partial charge in [-0.05, 0) is 36.4 Å². The molecule has 3 aromatic heterocycles. The molecule has 3 aromatic carbocycles. The molecule has 154 valence electrons. The van der Waals surface area contributed by atoms with E-state index in [0.717, 1.165) is 70.2 Å². The second-order valence-electron chi connectivity index (χ2n) is 8.40. The molecule has 6 aromatic rings. The fourth-order valence-corrected chi connectivity index (χ4v) is 7.70. The Labute approximate surface area is 184 Å². The van der Waals surface area contributed by atoms with Crippen LogP contribution in [0.3, 0.4) is 0 Å². The van der Waals surface area contributed by atoms with Gasteiger partial charge in [0.1, 0.15) is 17.5 Å². The van der Waals surface area contributed by atoms with E-state index in [1.54, 1.807) is 0 Å². The van der Waals surface area contributed by atoms with Crippen molar-refractivity contribution in [3.8, 4) is 0 Å². The van der Waals surface area contributed by atoms with Gasteiger partial charge in [-0.25, -0.2) is 15.0 Å². The van der Waals surface area contributed by atoms with Crippen LogP contribution in [-0.2, 0) is 19.6 Å². The largest absolute Gasteiger partial charge is 0.281 e. The molecule has 0 atom stereocenters. The van der Waals surface area contributed by atoms with E-state index in [0.29, 0.717) is 0 Å². The summed E-state index contributed by atoms with van der Waals surface area (Å²) in [6.07, 6.45) is 0. The molecule has 0 saturated heterocycles. The first kappa shape index (κ1) is 17.1. The third kappa shape index (κ3) is 2.14. The lowest BCUT2D eigenvalue weighted by molar-refractivity contribution is 0.224. The minimum atomic E-state index is -1.08. The average Bonchev–Trinajstić information content (AvgIpc) is 3.44. The zero-order valence-corrected chi connectivity index (χ0v) is 18.0. The molecule has 3 aliphatic heterocycles. The second kappa shape index (κ2) is 6.03. The molecule has 3 aliphatic rings. The molecule has 0 unspecified atom stereocenters. The Bertz CT molecular complexity index is 1490. The molecule has 6 heterocycles. The Hall–Kier alpha value is -3.54. The number of aromatic nitrogens is 6. The molecule has 0 saturated carbocycles. The first-order valence-electron chi connectivity index (χ1n) is 10.8. The summed E-state index contributed by atoms with van der Waals surface area (Å²) < 4.78 is 7.35. The van der Waals surface area contributed by atoms with E-state index < -0.39 is 8.37 Å². The Morgan fingerprint density at radius 2 is 0.844 bits per heavy atom. The first-order valence-corrected chi connectivity index (χ1v) is 12.0. The maximum Gasteiger partial charge on any atom is 0.226 e. The first-order chi connectivity index (χ1) is 15.8. The molecule has 0 spiro atoms. The number of para-hydroxylation sites is 6. The summed E-state index contributed by atoms with van der Waals surface area (Å²) in [5, 5.41) is 0. The third-order valence-electron chi connectivity index (χ3n) is 6.44. The quantitative estimate of drug-likeness (QED) is 0.324. The third-order valence-corrected chi connectivity index (χ3v) is 8.86. The predicted molar refractivity (Wildman–Crippen MR) is 125 cm³/mol.